The summed E-state index contributed by atoms with van der Waals surface area (Å²) < 4.78 is 0. The third kappa shape index (κ3) is 1.67. The Hall–Kier alpha value is -0.980. The van der Waals surface area contributed by atoms with E-state index in [4.69, 9.17) is 23.2 Å². The predicted octanol–water partition coefficient (Wildman–Crippen LogP) is 4.74. The van der Waals surface area contributed by atoms with Gasteiger partial charge in [-0.2, -0.15) is 0 Å². The van der Waals surface area contributed by atoms with Crippen LogP contribution in [0.2, 0.25) is 0 Å². The third-order valence-electron chi connectivity index (χ3n) is 3.48. The molecular formula is C15H12Cl2. The van der Waals surface area contributed by atoms with Gasteiger partial charge in [0.25, 0.3) is 0 Å². The smallest absolute Gasteiger partial charge is 0.0480 e. The third-order valence-corrected chi connectivity index (χ3v) is 4.04. The van der Waals surface area contributed by atoms with Crippen LogP contribution < -0.4 is 0 Å². The maximum absolute atomic E-state index is 6.08. The molecule has 0 N–H and O–H groups in total. The van der Waals surface area contributed by atoms with Crippen molar-refractivity contribution in [3.63, 3.8) is 0 Å². The molecular weight excluding hydrogens is 251 g/mol. The molecule has 0 heterocycles. The summed E-state index contributed by atoms with van der Waals surface area (Å²) >= 11 is 12.0. The van der Waals surface area contributed by atoms with E-state index in [2.05, 4.69) is 36.4 Å². The van der Waals surface area contributed by atoms with Crippen LogP contribution in [0.3, 0.4) is 0 Å². The summed E-state index contributed by atoms with van der Waals surface area (Å²) in [6.07, 6.45) is 0.984. The number of halogens is 2. The van der Waals surface area contributed by atoms with Crippen LogP contribution in [0.5, 0.6) is 0 Å². The maximum Gasteiger partial charge on any atom is 0.0480 e. The molecule has 0 nitrogen and oxygen atoms in total. The molecule has 0 aromatic heterocycles. The summed E-state index contributed by atoms with van der Waals surface area (Å²) in [6.45, 7) is 0. The van der Waals surface area contributed by atoms with Crippen molar-refractivity contribution in [3.05, 3.63) is 58.7 Å². The van der Waals surface area contributed by atoms with Crippen molar-refractivity contribution in [1.82, 2.24) is 0 Å². The van der Waals surface area contributed by atoms with E-state index < -0.39 is 0 Å². The van der Waals surface area contributed by atoms with Gasteiger partial charge in [-0.15, -0.1) is 23.2 Å². The highest BCUT2D eigenvalue weighted by molar-refractivity contribution is 6.19. The van der Waals surface area contributed by atoms with Crippen molar-refractivity contribution >= 4 is 23.2 Å². The van der Waals surface area contributed by atoms with Crippen LogP contribution in [0.15, 0.2) is 36.4 Å². The van der Waals surface area contributed by atoms with Crippen LogP contribution in [-0.4, -0.2) is 0 Å². The van der Waals surface area contributed by atoms with Gasteiger partial charge in [-0.05, 0) is 39.8 Å². The first-order valence-electron chi connectivity index (χ1n) is 5.69. The minimum atomic E-state index is 0.533. The highest BCUT2D eigenvalue weighted by Crippen LogP contribution is 2.39. The van der Waals surface area contributed by atoms with Crippen LogP contribution >= 0.6 is 23.2 Å². The summed E-state index contributed by atoms with van der Waals surface area (Å²) in [4.78, 5) is 0. The first-order valence-corrected chi connectivity index (χ1v) is 6.76. The van der Waals surface area contributed by atoms with Crippen molar-refractivity contribution in [2.24, 2.45) is 0 Å². The largest absolute Gasteiger partial charge is 0.122 e. The molecule has 0 saturated heterocycles. The fraction of sp³-hybridized carbons (Fsp3) is 0.200. The molecule has 0 atom stereocenters. The summed E-state index contributed by atoms with van der Waals surface area (Å²) in [5.74, 6) is 1.07. The van der Waals surface area contributed by atoms with Crippen LogP contribution in [0.25, 0.3) is 11.1 Å². The highest BCUT2D eigenvalue weighted by Gasteiger charge is 2.21. The monoisotopic (exact) mass is 262 g/mol. The second kappa shape index (κ2) is 4.36. The molecule has 0 radical (unpaired) electrons. The lowest BCUT2D eigenvalue weighted by Gasteiger charge is -2.10. The van der Waals surface area contributed by atoms with E-state index >= 15 is 0 Å². The van der Waals surface area contributed by atoms with Gasteiger partial charge in [-0.1, -0.05) is 36.4 Å². The van der Waals surface area contributed by atoms with E-state index in [1.165, 1.54) is 27.8 Å². The fourth-order valence-corrected chi connectivity index (χ4v) is 3.20. The van der Waals surface area contributed by atoms with Gasteiger partial charge in [-0.25, -0.2) is 0 Å². The number of rotatable bonds is 2. The zero-order valence-corrected chi connectivity index (χ0v) is 10.9. The lowest BCUT2D eigenvalue weighted by molar-refractivity contribution is 1.16. The zero-order chi connectivity index (χ0) is 11.8. The van der Waals surface area contributed by atoms with Crippen LogP contribution in [0.4, 0.5) is 0 Å². The van der Waals surface area contributed by atoms with Crippen molar-refractivity contribution in [2.75, 3.05) is 0 Å². The van der Waals surface area contributed by atoms with Crippen LogP contribution in [0.1, 0.15) is 22.3 Å². The molecule has 17 heavy (non-hydrogen) atoms. The molecule has 1 aliphatic carbocycles. The molecule has 86 valence electrons. The van der Waals surface area contributed by atoms with E-state index in [9.17, 15) is 0 Å². The Morgan fingerprint density at radius 2 is 1.71 bits per heavy atom. The Balaban J connectivity index is 2.24. The van der Waals surface area contributed by atoms with Gasteiger partial charge in [0.05, 0.1) is 0 Å². The number of fused-ring (bicyclic) bond motifs is 3. The molecule has 2 aromatic carbocycles. The van der Waals surface area contributed by atoms with Crippen LogP contribution in [0, 0.1) is 0 Å². The summed E-state index contributed by atoms with van der Waals surface area (Å²) in [5, 5.41) is 0. The standard InChI is InChI=1S/C15H12Cl2/c16-8-11-5-6-13-12-4-2-1-3-10(12)7-14(13)15(11)9-17/h1-6H,7-9H2. The second-order valence-electron chi connectivity index (χ2n) is 4.33. The van der Waals surface area contributed by atoms with Crippen molar-refractivity contribution in [3.8, 4) is 11.1 Å². The first kappa shape index (κ1) is 11.1. The Labute approximate surface area is 111 Å². The lowest BCUT2D eigenvalue weighted by Crippen LogP contribution is -1.95. The van der Waals surface area contributed by atoms with E-state index in [-0.39, 0.29) is 0 Å². The van der Waals surface area contributed by atoms with Gasteiger partial charge in [0.15, 0.2) is 0 Å². The molecule has 0 unspecified atom stereocenters. The maximum atomic E-state index is 6.08. The van der Waals surface area contributed by atoms with Gasteiger partial charge >= 0.3 is 0 Å². The number of alkyl halides is 2. The summed E-state index contributed by atoms with van der Waals surface area (Å²) in [6, 6.07) is 12.8. The highest BCUT2D eigenvalue weighted by atomic mass is 35.5. The average Bonchev–Trinajstić information content (AvgIpc) is 2.75. The lowest BCUT2D eigenvalue weighted by atomic mass is 9.98. The fourth-order valence-electron chi connectivity index (χ4n) is 2.62. The summed E-state index contributed by atoms with van der Waals surface area (Å²) in [7, 11) is 0. The van der Waals surface area contributed by atoms with Gasteiger partial charge in [0.2, 0.25) is 0 Å². The topological polar surface area (TPSA) is 0 Å². The molecule has 3 rings (SSSR count). The Bertz CT molecular complexity index is 573. The molecule has 2 aromatic rings. The molecule has 0 amide bonds. The SMILES string of the molecule is ClCc1ccc2c(c1CCl)Cc1ccccc1-2. The van der Waals surface area contributed by atoms with Gasteiger partial charge in [0.1, 0.15) is 0 Å². The molecule has 0 saturated carbocycles. The molecule has 1 aliphatic rings. The van der Waals surface area contributed by atoms with E-state index in [1.54, 1.807) is 0 Å². The van der Waals surface area contributed by atoms with Gasteiger partial charge in [-0.3, -0.25) is 0 Å². The Morgan fingerprint density at radius 3 is 2.47 bits per heavy atom. The number of benzene rings is 2. The van der Waals surface area contributed by atoms with Crippen LogP contribution in [-0.2, 0) is 18.2 Å². The normalized spacial score (nSPS) is 12.4. The second-order valence-corrected chi connectivity index (χ2v) is 4.87. The average molecular weight is 263 g/mol. The van der Waals surface area contributed by atoms with E-state index in [0.29, 0.717) is 11.8 Å². The molecule has 2 heteroatoms. The number of hydrogen-bond acceptors (Lipinski definition) is 0. The van der Waals surface area contributed by atoms with E-state index in [0.717, 1.165) is 12.0 Å². The number of hydrogen-bond donors (Lipinski definition) is 0. The van der Waals surface area contributed by atoms with Crippen molar-refractivity contribution in [1.29, 1.82) is 0 Å². The summed E-state index contributed by atoms with van der Waals surface area (Å²) in [5.41, 5.74) is 7.80. The van der Waals surface area contributed by atoms with Gasteiger partial charge < -0.3 is 0 Å². The zero-order valence-electron chi connectivity index (χ0n) is 9.34. The quantitative estimate of drug-likeness (QED) is 0.586. The minimum absolute atomic E-state index is 0.533. The molecule has 0 spiro atoms. The van der Waals surface area contributed by atoms with E-state index in [1.807, 2.05) is 0 Å². The van der Waals surface area contributed by atoms with Gasteiger partial charge in [0, 0.05) is 11.8 Å². The Kier molecular flexibility index (Phi) is 2.85. The Morgan fingerprint density at radius 1 is 0.882 bits per heavy atom. The molecule has 0 aliphatic heterocycles. The molecule has 0 fully saturated rings. The predicted molar refractivity (Wildman–Crippen MR) is 73.8 cm³/mol. The molecule has 0 bridgehead atoms. The first-order chi connectivity index (χ1) is 8.35. The minimum Gasteiger partial charge on any atom is -0.122 e. The van der Waals surface area contributed by atoms with Crippen molar-refractivity contribution < 1.29 is 0 Å². The van der Waals surface area contributed by atoms with Crippen molar-refractivity contribution in [2.45, 2.75) is 18.2 Å².